The molecule has 3 rings (SSSR count). The van der Waals surface area contributed by atoms with Crippen LogP contribution in [-0.4, -0.2) is 19.6 Å². The van der Waals surface area contributed by atoms with Crippen LogP contribution in [0.3, 0.4) is 0 Å². The summed E-state index contributed by atoms with van der Waals surface area (Å²) in [6.45, 7) is 2.02. The molecular formula is C10H9N5S. The van der Waals surface area contributed by atoms with E-state index in [1.807, 2.05) is 23.5 Å². The molecule has 0 spiro atoms. The molecule has 3 aromatic heterocycles. The summed E-state index contributed by atoms with van der Waals surface area (Å²) in [5, 5.41) is 8.97. The van der Waals surface area contributed by atoms with Crippen LogP contribution in [-0.2, 0) is 0 Å². The Kier molecular flexibility index (Phi) is 1.90. The second-order valence-electron chi connectivity index (χ2n) is 3.47. The van der Waals surface area contributed by atoms with Gasteiger partial charge in [0.25, 0.3) is 0 Å². The summed E-state index contributed by atoms with van der Waals surface area (Å²) in [7, 11) is 0. The van der Waals surface area contributed by atoms with Gasteiger partial charge < -0.3 is 5.73 Å². The van der Waals surface area contributed by atoms with E-state index in [1.54, 1.807) is 23.9 Å². The van der Waals surface area contributed by atoms with E-state index < -0.39 is 0 Å². The van der Waals surface area contributed by atoms with Gasteiger partial charge in [0.15, 0.2) is 11.5 Å². The molecule has 2 N–H and O–H groups in total. The van der Waals surface area contributed by atoms with Gasteiger partial charge in [0.1, 0.15) is 6.33 Å². The molecule has 0 aliphatic heterocycles. The van der Waals surface area contributed by atoms with Crippen molar-refractivity contribution in [3.63, 3.8) is 0 Å². The number of aryl methyl sites for hydroxylation is 1. The summed E-state index contributed by atoms with van der Waals surface area (Å²) >= 11 is 1.55. The summed E-state index contributed by atoms with van der Waals surface area (Å²) in [5.74, 6) is 0.741. The second-order valence-corrected chi connectivity index (χ2v) is 4.75. The third-order valence-electron chi connectivity index (χ3n) is 2.34. The van der Waals surface area contributed by atoms with Gasteiger partial charge >= 0.3 is 0 Å². The lowest BCUT2D eigenvalue weighted by atomic mass is 10.3. The molecular weight excluding hydrogens is 222 g/mol. The largest absolute Gasteiger partial charge is 0.390 e. The number of hydrogen-bond acceptors (Lipinski definition) is 5. The van der Waals surface area contributed by atoms with Gasteiger partial charge in [-0.15, -0.1) is 21.5 Å². The SMILES string of the molecule is Cc1cc(-c2nnc3ccncn23)c(N)s1. The van der Waals surface area contributed by atoms with Crippen LogP contribution in [0.15, 0.2) is 24.7 Å². The predicted molar refractivity (Wildman–Crippen MR) is 63.2 cm³/mol. The molecule has 0 aromatic carbocycles. The molecule has 0 radical (unpaired) electrons. The van der Waals surface area contributed by atoms with E-state index in [-0.39, 0.29) is 0 Å². The fourth-order valence-electron chi connectivity index (χ4n) is 1.64. The Morgan fingerprint density at radius 2 is 2.25 bits per heavy atom. The molecule has 0 amide bonds. The lowest BCUT2D eigenvalue weighted by molar-refractivity contribution is 1.08. The van der Waals surface area contributed by atoms with Crippen LogP contribution in [0.4, 0.5) is 5.00 Å². The normalized spacial score (nSPS) is 11.1. The first kappa shape index (κ1) is 9.29. The fourth-order valence-corrected chi connectivity index (χ4v) is 2.42. The topological polar surface area (TPSA) is 69.1 Å². The maximum absolute atomic E-state index is 5.94. The zero-order valence-corrected chi connectivity index (χ0v) is 9.40. The quantitative estimate of drug-likeness (QED) is 0.692. The summed E-state index contributed by atoms with van der Waals surface area (Å²) in [6, 6.07) is 3.83. The van der Waals surface area contributed by atoms with E-state index >= 15 is 0 Å². The number of anilines is 1. The van der Waals surface area contributed by atoms with E-state index in [0.29, 0.717) is 0 Å². The highest BCUT2D eigenvalue weighted by atomic mass is 32.1. The molecule has 3 aromatic rings. The molecule has 6 heteroatoms. The second kappa shape index (κ2) is 3.28. The Labute approximate surface area is 95.6 Å². The fraction of sp³-hybridized carbons (Fsp3) is 0.100. The molecule has 80 valence electrons. The minimum Gasteiger partial charge on any atom is -0.390 e. The lowest BCUT2D eigenvalue weighted by Gasteiger charge is -1.96. The number of aromatic nitrogens is 4. The first-order chi connectivity index (χ1) is 7.75. The molecule has 0 aliphatic rings. The molecule has 0 unspecified atom stereocenters. The number of nitrogens with zero attached hydrogens (tertiary/aromatic N) is 4. The van der Waals surface area contributed by atoms with Crippen molar-refractivity contribution in [2.45, 2.75) is 6.92 Å². The third-order valence-corrected chi connectivity index (χ3v) is 3.22. The number of rotatable bonds is 1. The summed E-state index contributed by atoms with van der Waals surface area (Å²) in [6.07, 6.45) is 3.38. The zero-order valence-electron chi connectivity index (χ0n) is 8.58. The van der Waals surface area contributed by atoms with Crippen LogP contribution < -0.4 is 5.73 Å². The maximum Gasteiger partial charge on any atom is 0.172 e. The van der Waals surface area contributed by atoms with Crippen LogP contribution >= 0.6 is 11.3 Å². The molecule has 0 atom stereocenters. The van der Waals surface area contributed by atoms with Crippen molar-refractivity contribution in [2.75, 3.05) is 5.73 Å². The van der Waals surface area contributed by atoms with Gasteiger partial charge in [-0.3, -0.25) is 4.40 Å². The zero-order chi connectivity index (χ0) is 11.1. The van der Waals surface area contributed by atoms with E-state index in [0.717, 1.165) is 26.9 Å². The molecule has 0 saturated heterocycles. The minimum atomic E-state index is 0.741. The first-order valence-corrected chi connectivity index (χ1v) is 5.58. The van der Waals surface area contributed by atoms with Crippen LogP contribution in [0, 0.1) is 6.92 Å². The van der Waals surface area contributed by atoms with Crippen LogP contribution in [0.5, 0.6) is 0 Å². The molecule has 3 heterocycles. The van der Waals surface area contributed by atoms with Gasteiger partial charge in [-0.05, 0) is 13.0 Å². The Bertz CT molecular complexity index is 654. The van der Waals surface area contributed by atoms with Crippen LogP contribution in [0.1, 0.15) is 4.88 Å². The van der Waals surface area contributed by atoms with Gasteiger partial charge in [0.2, 0.25) is 0 Å². The highest BCUT2D eigenvalue weighted by molar-refractivity contribution is 7.16. The Balaban J connectivity index is 2.30. The van der Waals surface area contributed by atoms with Gasteiger partial charge in [-0.2, -0.15) is 0 Å². The number of nitrogens with two attached hydrogens (primary N) is 1. The minimum absolute atomic E-state index is 0.741. The van der Waals surface area contributed by atoms with Gasteiger partial charge in [-0.25, -0.2) is 4.98 Å². The molecule has 0 fully saturated rings. The van der Waals surface area contributed by atoms with Crippen molar-refractivity contribution >= 4 is 22.0 Å². The highest BCUT2D eigenvalue weighted by Crippen LogP contribution is 2.32. The molecule has 5 nitrogen and oxygen atoms in total. The van der Waals surface area contributed by atoms with Crippen LogP contribution in [0.25, 0.3) is 17.0 Å². The van der Waals surface area contributed by atoms with Crippen molar-refractivity contribution in [1.29, 1.82) is 0 Å². The third kappa shape index (κ3) is 1.27. The van der Waals surface area contributed by atoms with Crippen LogP contribution in [0.2, 0.25) is 0 Å². The summed E-state index contributed by atoms with van der Waals surface area (Å²) in [5.41, 5.74) is 7.63. The lowest BCUT2D eigenvalue weighted by Crippen LogP contribution is -1.91. The number of fused-ring (bicyclic) bond motifs is 1. The standard InChI is InChI=1S/C10H9N5S/c1-6-4-7(9(11)16-6)10-14-13-8-2-3-12-5-15(8)10/h2-5H,11H2,1H3. The highest BCUT2D eigenvalue weighted by Gasteiger charge is 2.12. The molecule has 0 saturated carbocycles. The van der Waals surface area contributed by atoms with Crippen molar-refractivity contribution < 1.29 is 0 Å². The number of hydrogen-bond donors (Lipinski definition) is 1. The molecule has 16 heavy (non-hydrogen) atoms. The first-order valence-electron chi connectivity index (χ1n) is 4.77. The van der Waals surface area contributed by atoms with E-state index in [4.69, 9.17) is 5.73 Å². The Hall–Kier alpha value is -1.95. The molecule has 0 aliphatic carbocycles. The smallest absolute Gasteiger partial charge is 0.172 e. The van der Waals surface area contributed by atoms with E-state index in [2.05, 4.69) is 15.2 Å². The van der Waals surface area contributed by atoms with Gasteiger partial charge in [0, 0.05) is 17.1 Å². The monoisotopic (exact) mass is 231 g/mol. The Morgan fingerprint density at radius 1 is 1.38 bits per heavy atom. The average molecular weight is 231 g/mol. The summed E-state index contributed by atoms with van der Waals surface area (Å²) in [4.78, 5) is 5.21. The van der Waals surface area contributed by atoms with Gasteiger partial charge in [-0.1, -0.05) is 0 Å². The van der Waals surface area contributed by atoms with Crippen molar-refractivity contribution in [3.05, 3.63) is 29.5 Å². The van der Waals surface area contributed by atoms with Gasteiger partial charge in [0.05, 0.1) is 10.6 Å². The predicted octanol–water partition coefficient (Wildman–Crippen LogP) is 1.74. The number of thiophene rings is 1. The molecule has 0 bridgehead atoms. The maximum atomic E-state index is 5.94. The van der Waals surface area contributed by atoms with E-state index in [9.17, 15) is 0 Å². The van der Waals surface area contributed by atoms with E-state index in [1.165, 1.54) is 0 Å². The summed E-state index contributed by atoms with van der Waals surface area (Å²) < 4.78 is 1.83. The average Bonchev–Trinajstić information content (AvgIpc) is 2.81. The van der Waals surface area contributed by atoms with Crippen molar-refractivity contribution in [3.8, 4) is 11.4 Å². The Morgan fingerprint density at radius 3 is 3.00 bits per heavy atom. The van der Waals surface area contributed by atoms with Crippen molar-refractivity contribution in [2.24, 2.45) is 0 Å². The van der Waals surface area contributed by atoms with Crippen molar-refractivity contribution in [1.82, 2.24) is 19.6 Å². The number of nitrogen functional groups attached to an aromatic ring is 1.